The van der Waals surface area contributed by atoms with Gasteiger partial charge >= 0.3 is 0 Å². The summed E-state index contributed by atoms with van der Waals surface area (Å²) < 4.78 is 0. The zero-order chi connectivity index (χ0) is 12.3. The Labute approximate surface area is 101 Å². The first-order chi connectivity index (χ1) is 8.16. The van der Waals surface area contributed by atoms with Crippen LogP contribution in [-0.4, -0.2) is 67.4 Å². The average molecular weight is 240 g/mol. The summed E-state index contributed by atoms with van der Waals surface area (Å²) in [4.78, 5) is 26.8. The molecule has 2 amide bonds. The van der Waals surface area contributed by atoms with Gasteiger partial charge in [-0.1, -0.05) is 0 Å². The highest BCUT2D eigenvalue weighted by atomic mass is 16.2. The molecule has 6 heteroatoms. The number of hydrogen-bond acceptors (Lipinski definition) is 4. The van der Waals surface area contributed by atoms with Crippen LogP contribution in [0.15, 0.2) is 0 Å². The largest absolute Gasteiger partial charge is 0.369 e. The Balaban J connectivity index is 1.82. The first kappa shape index (κ1) is 12.3. The lowest BCUT2D eigenvalue weighted by Crippen LogP contribution is -2.52. The van der Waals surface area contributed by atoms with Crippen molar-refractivity contribution >= 4 is 11.8 Å². The van der Waals surface area contributed by atoms with Crippen molar-refractivity contribution in [2.75, 3.05) is 45.8 Å². The van der Waals surface area contributed by atoms with Gasteiger partial charge in [0.05, 0.1) is 12.5 Å². The minimum Gasteiger partial charge on any atom is -0.369 e. The molecule has 0 spiro atoms. The van der Waals surface area contributed by atoms with E-state index in [4.69, 9.17) is 5.73 Å². The molecule has 96 valence electrons. The van der Waals surface area contributed by atoms with Gasteiger partial charge in [0.2, 0.25) is 11.8 Å². The van der Waals surface area contributed by atoms with E-state index in [0.29, 0.717) is 13.1 Å². The Bertz CT molecular complexity index is 304. The topological polar surface area (TPSA) is 78.7 Å². The summed E-state index contributed by atoms with van der Waals surface area (Å²) in [5.74, 6) is 0.121. The molecule has 0 saturated carbocycles. The quantitative estimate of drug-likeness (QED) is 0.611. The molecule has 0 aromatic heterocycles. The van der Waals surface area contributed by atoms with Gasteiger partial charge in [-0.3, -0.25) is 14.5 Å². The van der Waals surface area contributed by atoms with Crippen molar-refractivity contribution in [3.63, 3.8) is 0 Å². The number of primary amides is 1. The van der Waals surface area contributed by atoms with Crippen molar-refractivity contribution in [1.82, 2.24) is 15.1 Å². The van der Waals surface area contributed by atoms with Crippen LogP contribution in [0, 0.1) is 5.92 Å². The van der Waals surface area contributed by atoms with Crippen molar-refractivity contribution in [1.29, 1.82) is 0 Å². The summed E-state index contributed by atoms with van der Waals surface area (Å²) in [6.07, 6.45) is 0.916. The fourth-order valence-corrected chi connectivity index (χ4v) is 2.29. The molecule has 2 heterocycles. The minimum atomic E-state index is -0.298. The first-order valence-electron chi connectivity index (χ1n) is 6.17. The number of hydrogen-bond donors (Lipinski definition) is 2. The van der Waals surface area contributed by atoms with E-state index < -0.39 is 0 Å². The lowest BCUT2D eigenvalue weighted by Gasteiger charge is -2.31. The first-order valence-corrected chi connectivity index (χ1v) is 6.17. The fraction of sp³-hybridized carbons (Fsp3) is 0.818. The van der Waals surface area contributed by atoms with Crippen LogP contribution in [0.5, 0.6) is 0 Å². The summed E-state index contributed by atoms with van der Waals surface area (Å²) in [5, 5.41) is 3.11. The molecular formula is C11H20N4O2. The van der Waals surface area contributed by atoms with Gasteiger partial charge in [0.1, 0.15) is 0 Å². The van der Waals surface area contributed by atoms with Crippen molar-refractivity contribution < 1.29 is 9.59 Å². The van der Waals surface area contributed by atoms with E-state index in [1.54, 1.807) is 0 Å². The number of nitrogens with two attached hydrogens (primary N) is 1. The molecule has 2 rings (SSSR count). The highest BCUT2D eigenvalue weighted by molar-refractivity contribution is 5.80. The Morgan fingerprint density at radius 3 is 2.53 bits per heavy atom. The van der Waals surface area contributed by atoms with Gasteiger partial charge in [-0.2, -0.15) is 0 Å². The average Bonchev–Trinajstić information content (AvgIpc) is 2.39. The van der Waals surface area contributed by atoms with E-state index in [-0.39, 0.29) is 17.7 Å². The van der Waals surface area contributed by atoms with Gasteiger partial charge in [-0.05, 0) is 6.42 Å². The van der Waals surface area contributed by atoms with Crippen LogP contribution in [0.4, 0.5) is 0 Å². The second-order valence-electron chi connectivity index (χ2n) is 4.78. The molecular weight excluding hydrogens is 220 g/mol. The Hall–Kier alpha value is -1.14. The molecule has 17 heavy (non-hydrogen) atoms. The zero-order valence-corrected chi connectivity index (χ0v) is 10.0. The number of carbonyl (C=O) groups excluding carboxylic acids is 2. The smallest absolute Gasteiger partial charge is 0.231 e. The van der Waals surface area contributed by atoms with E-state index in [1.807, 2.05) is 9.80 Å². The molecule has 0 unspecified atom stereocenters. The Morgan fingerprint density at radius 1 is 1.18 bits per heavy atom. The van der Waals surface area contributed by atoms with E-state index >= 15 is 0 Å². The highest BCUT2D eigenvalue weighted by Crippen LogP contribution is 2.11. The van der Waals surface area contributed by atoms with Crippen LogP contribution in [0.25, 0.3) is 0 Å². The molecule has 6 nitrogen and oxygen atoms in total. The maximum absolute atomic E-state index is 12.0. The van der Waals surface area contributed by atoms with Crippen molar-refractivity contribution in [2.24, 2.45) is 11.7 Å². The van der Waals surface area contributed by atoms with E-state index in [1.165, 1.54) is 0 Å². The lowest BCUT2D eigenvalue weighted by atomic mass is 10.0. The molecule has 0 bridgehead atoms. The number of carbonyl (C=O) groups is 2. The molecule has 2 saturated heterocycles. The molecule has 0 aromatic carbocycles. The number of rotatable bonds is 3. The predicted octanol–water partition coefficient (Wildman–Crippen LogP) is -1.77. The third kappa shape index (κ3) is 3.17. The summed E-state index contributed by atoms with van der Waals surface area (Å²) in [6.45, 7) is 5.01. The molecule has 2 fully saturated rings. The third-order valence-corrected chi connectivity index (χ3v) is 3.41. The van der Waals surface area contributed by atoms with Crippen LogP contribution in [-0.2, 0) is 9.59 Å². The fourth-order valence-electron chi connectivity index (χ4n) is 2.29. The normalized spacial score (nSPS) is 22.9. The van der Waals surface area contributed by atoms with E-state index in [2.05, 4.69) is 5.32 Å². The monoisotopic (exact) mass is 240 g/mol. The second-order valence-corrected chi connectivity index (χ2v) is 4.78. The van der Waals surface area contributed by atoms with Crippen LogP contribution in [0.1, 0.15) is 6.42 Å². The van der Waals surface area contributed by atoms with Crippen LogP contribution >= 0.6 is 0 Å². The van der Waals surface area contributed by atoms with Gasteiger partial charge in [-0.25, -0.2) is 0 Å². The summed E-state index contributed by atoms with van der Waals surface area (Å²) in [5.41, 5.74) is 5.18. The number of nitrogens with zero attached hydrogens (tertiary/aromatic N) is 2. The molecule has 0 aromatic rings. The maximum Gasteiger partial charge on any atom is 0.231 e. The SMILES string of the molecule is NC(=O)CN1CCCN(C(=O)C2CNC2)CC1. The summed E-state index contributed by atoms with van der Waals surface area (Å²) in [6, 6.07) is 0. The number of amides is 2. The maximum atomic E-state index is 12.0. The molecule has 0 aliphatic carbocycles. The van der Waals surface area contributed by atoms with Crippen molar-refractivity contribution in [3.05, 3.63) is 0 Å². The summed E-state index contributed by atoms with van der Waals surface area (Å²) in [7, 11) is 0. The van der Waals surface area contributed by atoms with Gasteiger partial charge in [-0.15, -0.1) is 0 Å². The Morgan fingerprint density at radius 2 is 1.94 bits per heavy atom. The standard InChI is InChI=1S/C11H20N4O2/c12-10(16)8-14-2-1-3-15(5-4-14)11(17)9-6-13-7-9/h9,13H,1-8H2,(H2,12,16). The van der Waals surface area contributed by atoms with E-state index in [0.717, 1.165) is 39.1 Å². The van der Waals surface area contributed by atoms with E-state index in [9.17, 15) is 9.59 Å². The minimum absolute atomic E-state index is 0.165. The molecule has 2 aliphatic rings. The molecule has 0 atom stereocenters. The Kier molecular flexibility index (Phi) is 3.96. The van der Waals surface area contributed by atoms with Crippen molar-refractivity contribution in [3.8, 4) is 0 Å². The highest BCUT2D eigenvalue weighted by Gasteiger charge is 2.30. The molecule has 3 N–H and O–H groups in total. The van der Waals surface area contributed by atoms with Gasteiger partial charge in [0.25, 0.3) is 0 Å². The lowest BCUT2D eigenvalue weighted by molar-refractivity contribution is -0.136. The summed E-state index contributed by atoms with van der Waals surface area (Å²) >= 11 is 0. The van der Waals surface area contributed by atoms with Crippen LogP contribution < -0.4 is 11.1 Å². The van der Waals surface area contributed by atoms with Gasteiger partial charge < -0.3 is 16.0 Å². The van der Waals surface area contributed by atoms with Crippen LogP contribution in [0.2, 0.25) is 0 Å². The van der Waals surface area contributed by atoms with Gasteiger partial charge in [0, 0.05) is 39.3 Å². The zero-order valence-electron chi connectivity index (χ0n) is 10.0. The second kappa shape index (κ2) is 5.46. The molecule has 0 radical (unpaired) electrons. The predicted molar refractivity (Wildman–Crippen MR) is 63.2 cm³/mol. The molecule has 2 aliphatic heterocycles. The van der Waals surface area contributed by atoms with Gasteiger partial charge in [0.15, 0.2) is 0 Å². The third-order valence-electron chi connectivity index (χ3n) is 3.41. The van der Waals surface area contributed by atoms with Crippen LogP contribution in [0.3, 0.4) is 0 Å². The van der Waals surface area contributed by atoms with Crippen molar-refractivity contribution in [2.45, 2.75) is 6.42 Å². The number of nitrogens with one attached hydrogen (secondary N) is 1.